The van der Waals surface area contributed by atoms with Gasteiger partial charge in [0.2, 0.25) is 0 Å². The summed E-state index contributed by atoms with van der Waals surface area (Å²) in [6.07, 6.45) is 3.20. The van der Waals surface area contributed by atoms with E-state index >= 15 is 0 Å². The lowest BCUT2D eigenvalue weighted by atomic mass is 9.76. The fourth-order valence-electron chi connectivity index (χ4n) is 6.49. The highest BCUT2D eigenvalue weighted by molar-refractivity contribution is 5.72. The van der Waals surface area contributed by atoms with Crippen molar-refractivity contribution < 1.29 is 4.39 Å². The van der Waals surface area contributed by atoms with Gasteiger partial charge in [-0.05, 0) is 64.8 Å². The van der Waals surface area contributed by atoms with Gasteiger partial charge in [0.05, 0.1) is 19.1 Å². The van der Waals surface area contributed by atoms with Crippen LogP contribution in [0, 0.1) is 11.8 Å². The van der Waals surface area contributed by atoms with E-state index in [4.69, 9.17) is 10.7 Å². The van der Waals surface area contributed by atoms with E-state index in [0.29, 0.717) is 37.5 Å². The Bertz CT molecular complexity index is 1380. The largest absolute Gasteiger partial charge is 0.366 e. The normalized spacial score (nSPS) is 29.7. The van der Waals surface area contributed by atoms with Crippen LogP contribution in [0.5, 0.6) is 0 Å². The first-order valence-electron chi connectivity index (χ1n) is 12.1. The number of rotatable bonds is 4. The second kappa shape index (κ2) is 6.80. The molecule has 4 unspecified atom stereocenters. The zero-order valence-electron chi connectivity index (χ0n) is 18.9. The Balaban J connectivity index is 1.27. The minimum Gasteiger partial charge on any atom is -0.366 e. The molecule has 3 heterocycles. The summed E-state index contributed by atoms with van der Waals surface area (Å²) in [6, 6.07) is 18.3. The van der Waals surface area contributed by atoms with Crippen LogP contribution in [0.25, 0.3) is 5.57 Å². The molecule has 3 aromatic rings. The predicted octanol–water partition coefficient (Wildman–Crippen LogP) is 2.63. The Morgan fingerprint density at radius 2 is 1.97 bits per heavy atom. The van der Waals surface area contributed by atoms with Crippen LogP contribution in [0.3, 0.4) is 0 Å². The Kier molecular flexibility index (Phi) is 4.02. The van der Waals surface area contributed by atoms with Crippen LogP contribution >= 0.6 is 0 Å². The lowest BCUT2D eigenvalue weighted by Crippen LogP contribution is -2.48. The minimum atomic E-state index is -0.691. The van der Waals surface area contributed by atoms with E-state index in [1.54, 1.807) is 0 Å². The Morgan fingerprint density at radius 1 is 1.12 bits per heavy atom. The SMILES string of the molecule is CC1C2N=c3[nH]ccc3=C(c3cccc(C4(CN)Cc5ccc(N6CC(F)C6)cc5C4)c3)C12. The van der Waals surface area contributed by atoms with E-state index in [1.807, 2.05) is 6.20 Å². The number of hydrogen-bond donors (Lipinski definition) is 2. The molecule has 1 saturated heterocycles. The van der Waals surface area contributed by atoms with E-state index < -0.39 is 6.17 Å². The van der Waals surface area contributed by atoms with Gasteiger partial charge in [0, 0.05) is 35.0 Å². The maximum atomic E-state index is 13.4. The van der Waals surface area contributed by atoms with Crippen molar-refractivity contribution in [2.45, 2.75) is 37.4 Å². The van der Waals surface area contributed by atoms with Crippen LogP contribution in [-0.2, 0) is 18.3 Å². The number of nitrogens with two attached hydrogens (primary N) is 1. The lowest BCUT2D eigenvalue weighted by Gasteiger charge is -2.36. The molecule has 2 aliphatic heterocycles. The van der Waals surface area contributed by atoms with Gasteiger partial charge in [-0.1, -0.05) is 37.3 Å². The van der Waals surface area contributed by atoms with Crippen molar-refractivity contribution in [3.63, 3.8) is 0 Å². The number of fused-ring (bicyclic) bond motifs is 3. The molecule has 0 radical (unpaired) electrons. The van der Waals surface area contributed by atoms with E-state index in [1.165, 1.54) is 33.0 Å². The lowest BCUT2D eigenvalue weighted by molar-refractivity contribution is 0.275. The van der Waals surface area contributed by atoms with E-state index in [-0.39, 0.29) is 5.41 Å². The summed E-state index contributed by atoms with van der Waals surface area (Å²) in [6.45, 7) is 3.94. The summed E-state index contributed by atoms with van der Waals surface area (Å²) >= 11 is 0. The Morgan fingerprint density at radius 3 is 2.79 bits per heavy atom. The molecule has 168 valence electrons. The van der Waals surface area contributed by atoms with Crippen molar-refractivity contribution in [3.05, 3.63) is 87.7 Å². The van der Waals surface area contributed by atoms with Gasteiger partial charge in [-0.25, -0.2) is 4.39 Å². The first kappa shape index (κ1) is 19.5. The second-order valence-corrected chi connectivity index (χ2v) is 10.5. The molecule has 4 atom stereocenters. The molecule has 0 amide bonds. The van der Waals surface area contributed by atoms with E-state index in [2.05, 4.69) is 65.3 Å². The maximum Gasteiger partial charge on any atom is 0.135 e. The number of aromatic amines is 1. The van der Waals surface area contributed by atoms with Gasteiger partial charge in [0.1, 0.15) is 11.7 Å². The molecule has 4 nitrogen and oxygen atoms in total. The molecule has 1 saturated carbocycles. The van der Waals surface area contributed by atoms with Crippen LogP contribution in [0.1, 0.15) is 29.2 Å². The third-order valence-electron chi connectivity index (χ3n) is 8.59. The summed E-state index contributed by atoms with van der Waals surface area (Å²) in [5, 5.41) is 1.25. The number of anilines is 1. The van der Waals surface area contributed by atoms with Gasteiger partial charge >= 0.3 is 0 Å². The van der Waals surface area contributed by atoms with Crippen molar-refractivity contribution >= 4 is 11.3 Å². The van der Waals surface area contributed by atoms with Crippen LogP contribution in [0.2, 0.25) is 0 Å². The fraction of sp³-hybridized carbons (Fsp3) is 0.393. The monoisotopic (exact) mass is 440 g/mol. The molecule has 5 heteroatoms. The molecular formula is C28H29FN4. The quantitative estimate of drug-likeness (QED) is 0.655. The number of alkyl halides is 1. The van der Waals surface area contributed by atoms with Crippen molar-refractivity contribution in [1.29, 1.82) is 0 Å². The summed E-state index contributed by atoms with van der Waals surface area (Å²) < 4.78 is 13.4. The Hall–Kier alpha value is -2.92. The van der Waals surface area contributed by atoms with Crippen LogP contribution in [0.15, 0.2) is 59.7 Å². The number of nitrogens with one attached hydrogen (secondary N) is 1. The van der Waals surface area contributed by atoms with Crippen LogP contribution < -0.4 is 21.3 Å². The molecule has 3 N–H and O–H groups in total. The minimum absolute atomic E-state index is 0.0936. The molecule has 1 aromatic heterocycles. The number of halogens is 1. The number of hydrogen-bond acceptors (Lipinski definition) is 3. The highest BCUT2D eigenvalue weighted by atomic mass is 19.1. The summed E-state index contributed by atoms with van der Waals surface area (Å²) in [7, 11) is 0. The van der Waals surface area contributed by atoms with Crippen molar-refractivity contribution in [1.82, 2.24) is 4.98 Å². The van der Waals surface area contributed by atoms with Gasteiger partial charge in [0.25, 0.3) is 0 Å². The molecule has 0 bridgehead atoms. The highest BCUT2D eigenvalue weighted by Crippen LogP contribution is 2.50. The zero-order valence-corrected chi connectivity index (χ0v) is 18.9. The number of benzene rings is 2. The number of H-pyrrole nitrogens is 1. The molecule has 2 aliphatic carbocycles. The zero-order chi connectivity index (χ0) is 22.3. The van der Waals surface area contributed by atoms with Gasteiger partial charge in [-0.3, -0.25) is 4.99 Å². The molecule has 33 heavy (non-hydrogen) atoms. The van der Waals surface area contributed by atoms with Gasteiger partial charge < -0.3 is 15.6 Å². The van der Waals surface area contributed by atoms with E-state index in [9.17, 15) is 4.39 Å². The van der Waals surface area contributed by atoms with Crippen LogP contribution in [0.4, 0.5) is 10.1 Å². The molecule has 2 aromatic carbocycles. The van der Waals surface area contributed by atoms with Gasteiger partial charge in [-0.2, -0.15) is 0 Å². The van der Waals surface area contributed by atoms with Gasteiger partial charge in [-0.15, -0.1) is 0 Å². The van der Waals surface area contributed by atoms with Crippen molar-refractivity contribution in [2.75, 3.05) is 24.5 Å². The first-order valence-corrected chi connectivity index (χ1v) is 12.1. The number of aromatic nitrogens is 1. The average Bonchev–Trinajstić information content (AvgIpc) is 3.18. The molecule has 4 aliphatic rings. The molecule has 2 fully saturated rings. The third-order valence-corrected chi connectivity index (χ3v) is 8.59. The van der Waals surface area contributed by atoms with Crippen LogP contribution in [-0.4, -0.2) is 36.8 Å². The second-order valence-electron chi connectivity index (χ2n) is 10.5. The standard InChI is InChI=1S/C28H29FN4/c1-16-24-25(23-7-8-31-27(23)32-26(16)24)17-3-2-4-20(9-17)28(15-30)11-18-5-6-22(10-19(18)12-28)33-13-21(29)14-33/h2-10,16,21,24,26H,11-15,30H2,1H3,(H,31,32). The van der Waals surface area contributed by atoms with Gasteiger partial charge in [0.15, 0.2) is 0 Å². The van der Waals surface area contributed by atoms with Crippen molar-refractivity contribution in [3.8, 4) is 0 Å². The average molecular weight is 441 g/mol. The highest BCUT2D eigenvalue weighted by Gasteiger charge is 2.51. The summed E-state index contributed by atoms with van der Waals surface area (Å²) in [5.41, 5.74) is 15.4. The maximum absolute atomic E-state index is 13.4. The molecular weight excluding hydrogens is 411 g/mol. The third kappa shape index (κ3) is 2.81. The summed E-state index contributed by atoms with van der Waals surface area (Å²) in [5.74, 6) is 1.10. The Labute approximate surface area is 193 Å². The molecule has 7 rings (SSSR count). The van der Waals surface area contributed by atoms with E-state index in [0.717, 1.165) is 24.0 Å². The summed E-state index contributed by atoms with van der Waals surface area (Å²) in [4.78, 5) is 10.4. The predicted molar refractivity (Wildman–Crippen MR) is 129 cm³/mol. The fourth-order valence-corrected chi connectivity index (χ4v) is 6.49. The smallest absolute Gasteiger partial charge is 0.135 e. The topological polar surface area (TPSA) is 57.4 Å². The molecule has 0 spiro atoms. The first-order chi connectivity index (χ1) is 16.1. The number of nitrogens with zero attached hydrogens (tertiary/aromatic N) is 2. The van der Waals surface area contributed by atoms with Crippen molar-refractivity contribution in [2.24, 2.45) is 22.6 Å².